The Balaban J connectivity index is 2.66. The molecule has 3 nitrogen and oxygen atoms in total. The molecule has 118 valence electrons. The number of rotatable bonds is 9. The maximum atomic E-state index is 11.4. The van der Waals surface area contributed by atoms with Gasteiger partial charge in [-0.3, -0.25) is 0 Å². The van der Waals surface area contributed by atoms with E-state index >= 15 is 0 Å². The van der Waals surface area contributed by atoms with E-state index in [0.717, 1.165) is 25.7 Å². The van der Waals surface area contributed by atoms with Crippen LogP contribution in [0.4, 0.5) is 0 Å². The van der Waals surface area contributed by atoms with E-state index in [2.05, 4.69) is 6.92 Å². The third kappa shape index (κ3) is 6.15. The van der Waals surface area contributed by atoms with Gasteiger partial charge in [0, 0.05) is 10.9 Å². The van der Waals surface area contributed by atoms with Crippen molar-refractivity contribution in [2.24, 2.45) is 5.92 Å². The molecular weight excluding hydrogens is 311 g/mol. The predicted molar refractivity (Wildman–Crippen MR) is 86.4 cm³/mol. The Morgan fingerprint density at radius 1 is 1.29 bits per heavy atom. The first-order valence-electron chi connectivity index (χ1n) is 7.30. The van der Waals surface area contributed by atoms with Crippen LogP contribution in [0.5, 0.6) is 5.75 Å². The fourth-order valence-corrected chi connectivity index (χ4v) is 2.62. The molecule has 0 saturated heterocycles. The fourth-order valence-electron chi connectivity index (χ4n) is 2.16. The summed E-state index contributed by atoms with van der Waals surface area (Å²) >= 11 is 11.8. The van der Waals surface area contributed by atoms with E-state index in [0.29, 0.717) is 15.8 Å². The van der Waals surface area contributed by atoms with Gasteiger partial charge in [0.2, 0.25) is 0 Å². The molecule has 0 aliphatic heterocycles. The molecule has 0 aromatic heterocycles. The summed E-state index contributed by atoms with van der Waals surface area (Å²) in [6.07, 6.45) is 4.39. The SMILES string of the molecule is CCCCCCC(C)C(Oc1ccc(Cl)cc1Cl)C(=O)O. The highest BCUT2D eigenvalue weighted by atomic mass is 35.5. The lowest BCUT2D eigenvalue weighted by atomic mass is 9.97. The summed E-state index contributed by atoms with van der Waals surface area (Å²) in [5.74, 6) is -0.691. The number of carbonyl (C=O) groups is 1. The van der Waals surface area contributed by atoms with Gasteiger partial charge in [-0.15, -0.1) is 0 Å². The van der Waals surface area contributed by atoms with Crippen LogP contribution >= 0.6 is 23.2 Å². The molecule has 1 rings (SSSR count). The van der Waals surface area contributed by atoms with Crippen molar-refractivity contribution in [1.82, 2.24) is 0 Å². The number of ether oxygens (including phenoxy) is 1. The zero-order valence-electron chi connectivity index (χ0n) is 12.4. The van der Waals surface area contributed by atoms with Gasteiger partial charge in [-0.25, -0.2) is 4.79 Å². The first-order valence-corrected chi connectivity index (χ1v) is 8.05. The zero-order chi connectivity index (χ0) is 15.8. The molecule has 0 fully saturated rings. The fraction of sp³-hybridized carbons (Fsp3) is 0.562. The van der Waals surface area contributed by atoms with Gasteiger partial charge >= 0.3 is 5.97 Å². The molecule has 0 bridgehead atoms. The minimum Gasteiger partial charge on any atom is -0.478 e. The average molecular weight is 333 g/mol. The van der Waals surface area contributed by atoms with Crippen LogP contribution in [0.3, 0.4) is 0 Å². The Kier molecular flexibility index (Phi) is 7.91. The Morgan fingerprint density at radius 2 is 2.00 bits per heavy atom. The molecule has 0 spiro atoms. The quantitative estimate of drug-likeness (QED) is 0.613. The summed E-state index contributed by atoms with van der Waals surface area (Å²) in [6.45, 7) is 4.05. The van der Waals surface area contributed by atoms with E-state index in [1.807, 2.05) is 6.92 Å². The third-order valence-electron chi connectivity index (χ3n) is 3.42. The normalized spacial score (nSPS) is 13.7. The largest absolute Gasteiger partial charge is 0.478 e. The van der Waals surface area contributed by atoms with Gasteiger partial charge in [0.15, 0.2) is 6.10 Å². The van der Waals surface area contributed by atoms with E-state index in [-0.39, 0.29) is 5.92 Å². The molecule has 0 radical (unpaired) electrons. The lowest BCUT2D eigenvalue weighted by Gasteiger charge is -2.22. The number of halogens is 2. The number of benzene rings is 1. The number of unbranched alkanes of at least 4 members (excludes halogenated alkanes) is 3. The van der Waals surface area contributed by atoms with Crippen molar-refractivity contribution in [3.05, 3.63) is 28.2 Å². The number of hydrogen-bond donors (Lipinski definition) is 1. The van der Waals surface area contributed by atoms with E-state index in [9.17, 15) is 9.90 Å². The summed E-state index contributed by atoms with van der Waals surface area (Å²) in [4.78, 5) is 11.4. The Bertz CT molecular complexity index is 463. The predicted octanol–water partition coefficient (Wildman–Crippen LogP) is 5.43. The first kappa shape index (κ1) is 18.1. The summed E-state index contributed by atoms with van der Waals surface area (Å²) < 4.78 is 5.59. The monoisotopic (exact) mass is 332 g/mol. The summed E-state index contributed by atoms with van der Waals surface area (Å²) in [6, 6.07) is 4.78. The maximum Gasteiger partial charge on any atom is 0.345 e. The zero-order valence-corrected chi connectivity index (χ0v) is 14.0. The number of aliphatic carboxylic acids is 1. The lowest BCUT2D eigenvalue weighted by molar-refractivity contribution is -0.147. The number of carboxylic acids is 1. The highest BCUT2D eigenvalue weighted by Crippen LogP contribution is 2.30. The second-order valence-corrected chi connectivity index (χ2v) is 6.12. The number of hydrogen-bond acceptors (Lipinski definition) is 2. The van der Waals surface area contributed by atoms with E-state index in [1.54, 1.807) is 18.2 Å². The van der Waals surface area contributed by atoms with Gasteiger partial charge in [0.05, 0.1) is 5.02 Å². The number of carboxylic acid groups (broad SMARTS) is 1. The molecule has 1 aromatic carbocycles. The maximum absolute atomic E-state index is 11.4. The van der Waals surface area contributed by atoms with Crippen molar-refractivity contribution in [2.75, 3.05) is 0 Å². The molecule has 0 saturated carbocycles. The average Bonchev–Trinajstić information content (AvgIpc) is 2.42. The van der Waals surface area contributed by atoms with E-state index in [4.69, 9.17) is 27.9 Å². The van der Waals surface area contributed by atoms with Crippen LogP contribution < -0.4 is 4.74 Å². The van der Waals surface area contributed by atoms with Crippen molar-refractivity contribution in [3.8, 4) is 5.75 Å². The molecule has 1 aromatic rings. The molecule has 0 heterocycles. The smallest absolute Gasteiger partial charge is 0.345 e. The highest BCUT2D eigenvalue weighted by molar-refractivity contribution is 6.35. The van der Waals surface area contributed by atoms with Crippen LogP contribution in [0.1, 0.15) is 46.0 Å². The molecule has 0 aliphatic rings. The molecule has 5 heteroatoms. The third-order valence-corrected chi connectivity index (χ3v) is 3.95. The molecule has 0 amide bonds. The Hall–Kier alpha value is -0.930. The molecule has 2 unspecified atom stereocenters. The molecule has 21 heavy (non-hydrogen) atoms. The highest BCUT2D eigenvalue weighted by Gasteiger charge is 2.27. The summed E-state index contributed by atoms with van der Waals surface area (Å²) in [5, 5.41) is 10.2. The van der Waals surface area contributed by atoms with Crippen LogP contribution in [0.15, 0.2) is 18.2 Å². The second-order valence-electron chi connectivity index (χ2n) is 5.28. The molecular formula is C16H22Cl2O3. The van der Waals surface area contributed by atoms with E-state index < -0.39 is 12.1 Å². The van der Waals surface area contributed by atoms with Gasteiger partial charge in [0.25, 0.3) is 0 Å². The van der Waals surface area contributed by atoms with Crippen molar-refractivity contribution < 1.29 is 14.6 Å². The van der Waals surface area contributed by atoms with Crippen LogP contribution in [-0.2, 0) is 4.79 Å². The van der Waals surface area contributed by atoms with Gasteiger partial charge < -0.3 is 9.84 Å². The Labute approximate surface area is 136 Å². The van der Waals surface area contributed by atoms with Crippen molar-refractivity contribution in [1.29, 1.82) is 0 Å². The Morgan fingerprint density at radius 3 is 2.57 bits per heavy atom. The standard InChI is InChI=1S/C16H22Cl2O3/c1-3-4-5-6-7-11(2)15(16(19)20)21-14-9-8-12(17)10-13(14)18/h8-11,15H,3-7H2,1-2H3,(H,19,20). The van der Waals surface area contributed by atoms with Crippen molar-refractivity contribution >= 4 is 29.2 Å². The van der Waals surface area contributed by atoms with E-state index in [1.165, 1.54) is 6.42 Å². The second kappa shape index (κ2) is 9.16. The minimum atomic E-state index is -0.969. The molecule has 0 aliphatic carbocycles. The van der Waals surface area contributed by atoms with Gasteiger partial charge in [-0.05, 0) is 24.6 Å². The summed E-state index contributed by atoms with van der Waals surface area (Å²) in [7, 11) is 0. The minimum absolute atomic E-state index is 0.0777. The van der Waals surface area contributed by atoms with Gasteiger partial charge in [0.1, 0.15) is 5.75 Å². The first-order chi connectivity index (χ1) is 9.95. The van der Waals surface area contributed by atoms with Crippen LogP contribution in [0.2, 0.25) is 10.0 Å². The van der Waals surface area contributed by atoms with Crippen LogP contribution in [-0.4, -0.2) is 17.2 Å². The van der Waals surface area contributed by atoms with Crippen molar-refractivity contribution in [3.63, 3.8) is 0 Å². The van der Waals surface area contributed by atoms with Gasteiger partial charge in [-0.1, -0.05) is 62.7 Å². The topological polar surface area (TPSA) is 46.5 Å². The molecule has 1 N–H and O–H groups in total. The van der Waals surface area contributed by atoms with Crippen molar-refractivity contribution in [2.45, 2.75) is 52.1 Å². The van der Waals surface area contributed by atoms with Gasteiger partial charge in [-0.2, -0.15) is 0 Å². The molecule has 2 atom stereocenters. The van der Waals surface area contributed by atoms with Crippen LogP contribution in [0.25, 0.3) is 0 Å². The van der Waals surface area contributed by atoms with Crippen LogP contribution in [0, 0.1) is 5.92 Å². The lowest BCUT2D eigenvalue weighted by Crippen LogP contribution is -2.33. The summed E-state index contributed by atoms with van der Waals surface area (Å²) in [5.41, 5.74) is 0.